The average Bonchev–Trinajstić information content (AvgIpc) is 3.09. The lowest BCUT2D eigenvalue weighted by atomic mass is 10.1. The number of benzene rings is 2. The highest BCUT2D eigenvalue weighted by Crippen LogP contribution is 2.36. The average molecular weight is 421 g/mol. The SMILES string of the molecule is C=C(/C=C/COc1cc2c(cc1C)oc1cc(C)c(OC/C=C/C(=C)OC)cc12)CO. The second-order valence-corrected chi connectivity index (χ2v) is 7.24. The molecule has 2 aromatic carbocycles. The van der Waals surface area contributed by atoms with E-state index < -0.39 is 0 Å². The number of fused-ring (bicyclic) bond motifs is 3. The predicted molar refractivity (Wildman–Crippen MR) is 125 cm³/mol. The summed E-state index contributed by atoms with van der Waals surface area (Å²) in [5.74, 6) is 2.14. The lowest BCUT2D eigenvalue weighted by molar-refractivity contribution is 0.307. The summed E-state index contributed by atoms with van der Waals surface area (Å²) in [5.41, 5.74) is 4.22. The lowest BCUT2D eigenvalue weighted by Crippen LogP contribution is -1.96. The van der Waals surface area contributed by atoms with E-state index in [1.807, 2.05) is 50.3 Å². The highest BCUT2D eigenvalue weighted by molar-refractivity contribution is 6.06. The van der Waals surface area contributed by atoms with Gasteiger partial charge < -0.3 is 23.7 Å². The van der Waals surface area contributed by atoms with Crippen molar-refractivity contribution in [3.8, 4) is 11.5 Å². The van der Waals surface area contributed by atoms with E-state index in [0.717, 1.165) is 44.6 Å². The van der Waals surface area contributed by atoms with Crippen molar-refractivity contribution < 1.29 is 23.7 Å². The van der Waals surface area contributed by atoms with E-state index in [-0.39, 0.29) is 6.61 Å². The molecule has 0 unspecified atom stereocenters. The molecule has 0 amide bonds. The molecule has 162 valence electrons. The summed E-state index contributed by atoms with van der Waals surface area (Å²) in [6.45, 7) is 12.2. The Balaban J connectivity index is 1.86. The molecule has 0 aliphatic heterocycles. The fourth-order valence-electron chi connectivity index (χ4n) is 3.13. The van der Waals surface area contributed by atoms with Crippen LogP contribution in [-0.4, -0.2) is 32.0 Å². The number of hydrogen-bond acceptors (Lipinski definition) is 5. The van der Waals surface area contributed by atoms with Crippen LogP contribution in [0.5, 0.6) is 11.5 Å². The van der Waals surface area contributed by atoms with Gasteiger partial charge in [-0.25, -0.2) is 0 Å². The zero-order chi connectivity index (χ0) is 22.4. The summed E-state index contributed by atoms with van der Waals surface area (Å²) in [4.78, 5) is 0. The number of rotatable bonds is 10. The van der Waals surface area contributed by atoms with Crippen LogP contribution in [0.1, 0.15) is 11.1 Å². The van der Waals surface area contributed by atoms with E-state index in [0.29, 0.717) is 24.5 Å². The first kappa shape index (κ1) is 22.2. The van der Waals surface area contributed by atoms with Crippen LogP contribution in [0.25, 0.3) is 21.9 Å². The maximum atomic E-state index is 9.01. The van der Waals surface area contributed by atoms with E-state index in [9.17, 15) is 0 Å². The number of aliphatic hydroxyl groups is 1. The largest absolute Gasteiger partial charge is 0.497 e. The van der Waals surface area contributed by atoms with Crippen LogP contribution < -0.4 is 9.47 Å². The van der Waals surface area contributed by atoms with Crippen LogP contribution in [0, 0.1) is 13.8 Å². The molecular formula is C26H28O5. The smallest absolute Gasteiger partial charge is 0.135 e. The van der Waals surface area contributed by atoms with Crippen molar-refractivity contribution in [1.82, 2.24) is 0 Å². The molecule has 0 aliphatic rings. The van der Waals surface area contributed by atoms with Crippen LogP contribution in [0.15, 0.2) is 77.5 Å². The van der Waals surface area contributed by atoms with Crippen LogP contribution in [0.3, 0.4) is 0 Å². The molecule has 0 radical (unpaired) electrons. The van der Waals surface area contributed by atoms with Gasteiger partial charge in [0.15, 0.2) is 0 Å². The monoisotopic (exact) mass is 420 g/mol. The van der Waals surface area contributed by atoms with Crippen LogP contribution in [-0.2, 0) is 4.74 Å². The lowest BCUT2D eigenvalue weighted by Gasteiger charge is -2.08. The van der Waals surface area contributed by atoms with Gasteiger partial charge in [-0.05, 0) is 73.0 Å². The normalized spacial score (nSPS) is 11.6. The van der Waals surface area contributed by atoms with Gasteiger partial charge in [0.2, 0.25) is 0 Å². The number of furan rings is 1. The third-order valence-electron chi connectivity index (χ3n) is 4.86. The van der Waals surface area contributed by atoms with E-state index in [4.69, 9.17) is 23.7 Å². The molecular weight excluding hydrogens is 392 g/mol. The maximum Gasteiger partial charge on any atom is 0.135 e. The zero-order valence-corrected chi connectivity index (χ0v) is 18.2. The van der Waals surface area contributed by atoms with Crippen molar-refractivity contribution in [2.45, 2.75) is 13.8 Å². The molecule has 31 heavy (non-hydrogen) atoms. The number of hydrogen-bond donors (Lipinski definition) is 1. The van der Waals surface area contributed by atoms with Gasteiger partial charge in [0.05, 0.1) is 13.7 Å². The molecule has 0 saturated heterocycles. The molecule has 1 aromatic heterocycles. The summed E-state index contributed by atoms with van der Waals surface area (Å²) in [7, 11) is 1.58. The summed E-state index contributed by atoms with van der Waals surface area (Å²) < 4.78 is 22.9. The van der Waals surface area contributed by atoms with Crippen LogP contribution in [0.4, 0.5) is 0 Å². The standard InChI is InChI=1S/C26H28O5/c1-17(16-27)8-6-10-29-23-14-21-22-15-24(30-11-7-9-20(4)28-5)19(3)13-26(22)31-25(21)12-18(23)2/h6-9,12-15,27H,1,4,10-11,16H2,2-3,5H3/b8-6+,9-7+. The van der Waals surface area contributed by atoms with Gasteiger partial charge in [0, 0.05) is 10.8 Å². The predicted octanol–water partition coefficient (Wildman–Crippen LogP) is 5.78. The molecule has 1 heterocycles. The van der Waals surface area contributed by atoms with Gasteiger partial charge >= 0.3 is 0 Å². The Hall–Kier alpha value is -3.44. The zero-order valence-electron chi connectivity index (χ0n) is 18.2. The Morgan fingerprint density at radius 3 is 1.90 bits per heavy atom. The number of aliphatic hydroxyl groups excluding tert-OH is 1. The van der Waals surface area contributed by atoms with Gasteiger partial charge in [0.25, 0.3) is 0 Å². The van der Waals surface area contributed by atoms with E-state index in [1.54, 1.807) is 19.3 Å². The molecule has 0 fully saturated rings. The van der Waals surface area contributed by atoms with Gasteiger partial charge in [-0.15, -0.1) is 0 Å². The Labute approximate surface area is 182 Å². The molecule has 0 bridgehead atoms. The van der Waals surface area contributed by atoms with Crippen molar-refractivity contribution in [1.29, 1.82) is 0 Å². The number of aryl methyl sites for hydroxylation is 2. The molecule has 0 saturated carbocycles. The number of ether oxygens (including phenoxy) is 3. The van der Waals surface area contributed by atoms with Gasteiger partial charge in [-0.2, -0.15) is 0 Å². The fraction of sp³-hybridized carbons (Fsp3) is 0.231. The van der Waals surface area contributed by atoms with Crippen LogP contribution >= 0.6 is 0 Å². The molecule has 1 N–H and O–H groups in total. The summed E-state index contributed by atoms with van der Waals surface area (Å²) in [5, 5.41) is 10.9. The van der Waals surface area contributed by atoms with Crippen molar-refractivity contribution >= 4 is 21.9 Å². The van der Waals surface area contributed by atoms with Gasteiger partial charge in [0.1, 0.15) is 41.6 Å². The second-order valence-electron chi connectivity index (χ2n) is 7.24. The molecule has 5 heteroatoms. The van der Waals surface area contributed by atoms with Gasteiger partial charge in [-0.1, -0.05) is 19.2 Å². The maximum absolute atomic E-state index is 9.01. The Morgan fingerprint density at radius 1 is 0.903 bits per heavy atom. The van der Waals surface area contributed by atoms with Crippen molar-refractivity contribution in [2.75, 3.05) is 26.9 Å². The first-order chi connectivity index (χ1) is 14.9. The minimum Gasteiger partial charge on any atom is -0.497 e. The van der Waals surface area contributed by atoms with Crippen molar-refractivity contribution in [3.63, 3.8) is 0 Å². The summed E-state index contributed by atoms with van der Waals surface area (Å²) >= 11 is 0. The minimum absolute atomic E-state index is 0.0662. The first-order valence-corrected chi connectivity index (χ1v) is 10.0. The van der Waals surface area contributed by atoms with E-state index in [2.05, 4.69) is 13.2 Å². The fourth-order valence-corrected chi connectivity index (χ4v) is 3.13. The van der Waals surface area contributed by atoms with Crippen molar-refractivity contribution in [3.05, 3.63) is 84.2 Å². The molecule has 0 aliphatic carbocycles. The quantitative estimate of drug-likeness (QED) is 0.333. The highest BCUT2D eigenvalue weighted by atomic mass is 16.5. The van der Waals surface area contributed by atoms with Gasteiger partial charge in [-0.3, -0.25) is 0 Å². The Kier molecular flexibility index (Phi) is 7.21. The van der Waals surface area contributed by atoms with Crippen LogP contribution in [0.2, 0.25) is 0 Å². The van der Waals surface area contributed by atoms with E-state index in [1.165, 1.54) is 0 Å². The molecule has 0 spiro atoms. The Morgan fingerprint density at radius 2 is 1.42 bits per heavy atom. The third-order valence-corrected chi connectivity index (χ3v) is 4.86. The molecule has 0 atom stereocenters. The highest BCUT2D eigenvalue weighted by Gasteiger charge is 2.13. The second kappa shape index (κ2) is 10.0. The molecule has 3 rings (SSSR count). The molecule has 5 nitrogen and oxygen atoms in total. The topological polar surface area (TPSA) is 61.1 Å². The third kappa shape index (κ3) is 5.38. The van der Waals surface area contributed by atoms with Crippen molar-refractivity contribution in [2.24, 2.45) is 0 Å². The minimum atomic E-state index is -0.0662. The summed E-state index contributed by atoms with van der Waals surface area (Å²) in [6, 6.07) is 7.96. The number of allylic oxidation sites excluding steroid dienone is 1. The first-order valence-electron chi connectivity index (χ1n) is 10.0. The number of methoxy groups -OCH3 is 1. The molecule has 3 aromatic rings. The summed E-state index contributed by atoms with van der Waals surface area (Å²) in [6.07, 6.45) is 7.22. The van der Waals surface area contributed by atoms with E-state index >= 15 is 0 Å². The Bertz CT molecular complexity index is 1070.